The first-order chi connectivity index (χ1) is 10.6. The van der Waals surface area contributed by atoms with E-state index >= 15 is 0 Å². The van der Waals surface area contributed by atoms with E-state index in [0.717, 1.165) is 29.6 Å². The Morgan fingerprint density at radius 2 is 1.91 bits per heavy atom. The summed E-state index contributed by atoms with van der Waals surface area (Å²) < 4.78 is 10.2. The van der Waals surface area contributed by atoms with E-state index in [0.29, 0.717) is 0 Å². The molecule has 0 aromatic rings. The summed E-state index contributed by atoms with van der Waals surface area (Å²) >= 11 is 0. The zero-order valence-electron chi connectivity index (χ0n) is 14.9. The molecular formula is C19H26O4. The molecule has 1 aliphatic carbocycles. The molecule has 23 heavy (non-hydrogen) atoms. The van der Waals surface area contributed by atoms with Crippen molar-refractivity contribution >= 4 is 11.9 Å². The maximum Gasteiger partial charge on any atom is 0.302 e. The van der Waals surface area contributed by atoms with Gasteiger partial charge in [-0.1, -0.05) is 31.3 Å². The highest BCUT2D eigenvalue weighted by molar-refractivity contribution is 5.66. The minimum absolute atomic E-state index is 0.0753. The highest BCUT2D eigenvalue weighted by atomic mass is 16.5. The van der Waals surface area contributed by atoms with Crippen molar-refractivity contribution in [1.82, 2.24) is 0 Å². The van der Waals surface area contributed by atoms with Gasteiger partial charge >= 0.3 is 11.9 Å². The second-order valence-corrected chi connectivity index (χ2v) is 6.62. The van der Waals surface area contributed by atoms with Gasteiger partial charge < -0.3 is 9.47 Å². The fraction of sp³-hybridized carbons (Fsp3) is 0.579. The van der Waals surface area contributed by atoms with Gasteiger partial charge in [-0.25, -0.2) is 0 Å². The van der Waals surface area contributed by atoms with E-state index in [9.17, 15) is 9.59 Å². The zero-order valence-corrected chi connectivity index (χ0v) is 14.9. The molecule has 0 aromatic heterocycles. The maximum atomic E-state index is 11.2. The molecule has 4 nitrogen and oxygen atoms in total. The van der Waals surface area contributed by atoms with E-state index in [1.165, 1.54) is 13.8 Å². The Bertz CT molecular complexity index is 597. The predicted octanol–water partition coefficient (Wildman–Crippen LogP) is 3.57. The van der Waals surface area contributed by atoms with Crippen LogP contribution in [0.25, 0.3) is 0 Å². The molecule has 4 heteroatoms. The van der Waals surface area contributed by atoms with E-state index in [-0.39, 0.29) is 30.1 Å². The molecule has 0 heterocycles. The monoisotopic (exact) mass is 318 g/mol. The molecule has 126 valence electrons. The molecule has 0 unspecified atom stereocenters. The summed E-state index contributed by atoms with van der Waals surface area (Å²) in [4.78, 5) is 21.9. The van der Waals surface area contributed by atoms with Gasteiger partial charge in [-0.05, 0) is 31.9 Å². The lowest BCUT2D eigenvalue weighted by molar-refractivity contribution is -0.147. The lowest BCUT2D eigenvalue weighted by Gasteiger charge is -2.36. The van der Waals surface area contributed by atoms with Crippen molar-refractivity contribution in [1.29, 1.82) is 0 Å². The number of ether oxygens (including phenoxy) is 2. The average molecular weight is 318 g/mol. The van der Waals surface area contributed by atoms with Crippen LogP contribution >= 0.6 is 0 Å². The van der Waals surface area contributed by atoms with Crippen LogP contribution in [0.1, 0.15) is 54.4 Å². The van der Waals surface area contributed by atoms with Crippen LogP contribution in [0.15, 0.2) is 22.8 Å². The van der Waals surface area contributed by atoms with Gasteiger partial charge in [0.25, 0.3) is 0 Å². The first-order valence-electron chi connectivity index (χ1n) is 7.81. The van der Waals surface area contributed by atoms with Crippen LogP contribution in [0.4, 0.5) is 0 Å². The number of hydrogen-bond donors (Lipinski definition) is 0. The fourth-order valence-electron chi connectivity index (χ4n) is 2.85. The molecule has 0 bridgehead atoms. The van der Waals surface area contributed by atoms with Crippen molar-refractivity contribution in [2.45, 2.75) is 60.5 Å². The average Bonchev–Trinajstić information content (AvgIpc) is 2.35. The third-order valence-corrected chi connectivity index (χ3v) is 3.77. The SMILES string of the molecule is CC(=O)OC/C=C(\C)C#CC1=C(C)C[C@@H](OC(C)=O)CC1(C)C. The molecule has 0 fully saturated rings. The third-order valence-electron chi connectivity index (χ3n) is 3.77. The summed E-state index contributed by atoms with van der Waals surface area (Å²) in [7, 11) is 0. The van der Waals surface area contributed by atoms with Crippen molar-refractivity contribution < 1.29 is 19.1 Å². The first-order valence-corrected chi connectivity index (χ1v) is 7.81. The number of allylic oxidation sites excluding steroid dienone is 2. The van der Waals surface area contributed by atoms with E-state index in [2.05, 4.69) is 25.7 Å². The van der Waals surface area contributed by atoms with Crippen LogP contribution in [-0.2, 0) is 19.1 Å². The van der Waals surface area contributed by atoms with Gasteiger partial charge in [-0.15, -0.1) is 0 Å². The van der Waals surface area contributed by atoms with Gasteiger partial charge in [0, 0.05) is 31.3 Å². The van der Waals surface area contributed by atoms with Crippen molar-refractivity contribution in [3.8, 4) is 11.8 Å². The Morgan fingerprint density at radius 1 is 1.26 bits per heavy atom. The smallest absolute Gasteiger partial charge is 0.302 e. The number of carbonyl (C=O) groups excluding carboxylic acids is 2. The summed E-state index contributed by atoms with van der Waals surface area (Å²) in [6.45, 7) is 11.2. The molecule has 1 atom stereocenters. The third kappa shape index (κ3) is 6.32. The lowest BCUT2D eigenvalue weighted by Crippen LogP contribution is -2.31. The Hall–Kier alpha value is -2.02. The minimum atomic E-state index is -0.300. The Morgan fingerprint density at radius 3 is 2.43 bits per heavy atom. The molecule has 0 radical (unpaired) electrons. The van der Waals surface area contributed by atoms with Gasteiger partial charge in [-0.2, -0.15) is 0 Å². The first kappa shape index (κ1) is 19.0. The summed E-state index contributed by atoms with van der Waals surface area (Å²) in [6, 6.07) is 0. The Balaban J connectivity index is 2.88. The normalized spacial score (nSPS) is 20.4. The summed E-state index contributed by atoms with van der Waals surface area (Å²) in [6.07, 6.45) is 3.21. The van der Waals surface area contributed by atoms with E-state index in [1.807, 2.05) is 13.8 Å². The second-order valence-electron chi connectivity index (χ2n) is 6.62. The topological polar surface area (TPSA) is 52.6 Å². The summed E-state index contributed by atoms with van der Waals surface area (Å²) in [5, 5.41) is 0. The Kier molecular flexibility index (Phi) is 6.62. The number of esters is 2. The maximum absolute atomic E-state index is 11.2. The molecule has 0 aromatic carbocycles. The molecule has 0 spiro atoms. The molecule has 0 N–H and O–H groups in total. The van der Waals surface area contributed by atoms with Gasteiger partial charge in [0.2, 0.25) is 0 Å². The van der Waals surface area contributed by atoms with Gasteiger partial charge in [-0.3, -0.25) is 9.59 Å². The highest BCUT2D eigenvalue weighted by Crippen LogP contribution is 2.40. The number of carbonyl (C=O) groups is 2. The lowest BCUT2D eigenvalue weighted by atomic mass is 9.72. The van der Waals surface area contributed by atoms with Crippen LogP contribution in [-0.4, -0.2) is 24.6 Å². The van der Waals surface area contributed by atoms with Crippen molar-refractivity contribution in [2.24, 2.45) is 5.41 Å². The molecule has 0 saturated carbocycles. The standard InChI is InChI=1S/C19H26O4/c1-13(9-10-22-15(3)20)7-8-18-14(2)11-17(23-16(4)21)12-19(18,5)6/h9,17H,10-12H2,1-6H3/b13-9+/t17-/m1/s1. The number of hydrogen-bond acceptors (Lipinski definition) is 4. The summed E-state index contributed by atoms with van der Waals surface area (Å²) in [5.41, 5.74) is 2.99. The molecule has 0 saturated heterocycles. The predicted molar refractivity (Wildman–Crippen MR) is 89.4 cm³/mol. The van der Waals surface area contributed by atoms with E-state index in [4.69, 9.17) is 9.47 Å². The fourth-order valence-corrected chi connectivity index (χ4v) is 2.85. The zero-order chi connectivity index (χ0) is 17.6. The minimum Gasteiger partial charge on any atom is -0.462 e. The molecular weight excluding hydrogens is 292 g/mol. The van der Waals surface area contributed by atoms with Crippen LogP contribution in [0.2, 0.25) is 0 Å². The van der Waals surface area contributed by atoms with Gasteiger partial charge in [0.1, 0.15) is 12.7 Å². The van der Waals surface area contributed by atoms with Gasteiger partial charge in [0.05, 0.1) is 0 Å². The van der Waals surface area contributed by atoms with Crippen molar-refractivity contribution in [2.75, 3.05) is 6.61 Å². The van der Waals surface area contributed by atoms with E-state index < -0.39 is 0 Å². The van der Waals surface area contributed by atoms with Gasteiger partial charge in [0.15, 0.2) is 0 Å². The quantitative estimate of drug-likeness (QED) is 0.590. The Labute approximate surface area is 138 Å². The van der Waals surface area contributed by atoms with Crippen molar-refractivity contribution in [3.63, 3.8) is 0 Å². The molecule has 1 rings (SSSR count). The molecule has 0 aliphatic heterocycles. The number of rotatable bonds is 3. The summed E-state index contributed by atoms with van der Waals surface area (Å²) in [5.74, 6) is 5.84. The van der Waals surface area contributed by atoms with Crippen LogP contribution in [0, 0.1) is 17.3 Å². The van der Waals surface area contributed by atoms with Crippen LogP contribution in [0.3, 0.4) is 0 Å². The second kappa shape index (κ2) is 8.01. The molecule has 0 amide bonds. The van der Waals surface area contributed by atoms with Crippen molar-refractivity contribution in [3.05, 3.63) is 22.8 Å². The highest BCUT2D eigenvalue weighted by Gasteiger charge is 2.34. The van der Waals surface area contributed by atoms with Crippen LogP contribution < -0.4 is 0 Å². The van der Waals surface area contributed by atoms with Crippen LogP contribution in [0.5, 0.6) is 0 Å². The van der Waals surface area contributed by atoms with E-state index in [1.54, 1.807) is 6.08 Å². The molecule has 1 aliphatic rings. The largest absolute Gasteiger partial charge is 0.462 e.